The molecule has 6 nitrogen and oxygen atoms in total. The van der Waals surface area contributed by atoms with Crippen LogP contribution in [0.4, 0.5) is 0 Å². The molecule has 3 aromatic rings. The maximum atomic E-state index is 14.9. The monoisotopic (exact) mass is 1220 g/mol. The SMILES string of the molecule is C=C1CCC(C(=O)O)C2C(O)CC3(C4CC5(CCCC5)C5(CCC(Cc6ccccc6)C5)C4)C4=C(CCC23C)C23CCC(O)C5(C)CC=C(CC(C)C)C(C=C6C(=c7ccccc7=CC62)Cc2cccc(c2)C2=CC=C(NCCCC1C1CCCCC1)NC2)(C4)C53. The molecule has 15 unspecified atom stereocenters. The molecule has 6 saturated carbocycles. The van der Waals surface area contributed by atoms with Crippen molar-refractivity contribution in [1.82, 2.24) is 10.6 Å². The van der Waals surface area contributed by atoms with Crippen LogP contribution in [0.5, 0.6) is 0 Å². The fourth-order valence-electron chi connectivity index (χ4n) is 26.3. The lowest BCUT2D eigenvalue weighted by Gasteiger charge is -2.74. The Morgan fingerprint density at radius 3 is 2.35 bits per heavy atom. The zero-order valence-corrected chi connectivity index (χ0v) is 55.9. The summed E-state index contributed by atoms with van der Waals surface area (Å²) >= 11 is 0. The molecular formula is C85H108N2O4. The Morgan fingerprint density at radius 2 is 1.56 bits per heavy atom. The number of hydrogen-bond acceptors (Lipinski definition) is 5. The maximum Gasteiger partial charge on any atom is 0.306 e. The number of aliphatic carboxylic acids is 1. The van der Waals surface area contributed by atoms with Gasteiger partial charge in [0.25, 0.3) is 0 Å². The number of aliphatic hydroxyl groups excluding tert-OH is 2. The van der Waals surface area contributed by atoms with Gasteiger partial charge in [-0.15, -0.1) is 0 Å². The van der Waals surface area contributed by atoms with Gasteiger partial charge in [-0.25, -0.2) is 0 Å². The van der Waals surface area contributed by atoms with Gasteiger partial charge in [0.2, 0.25) is 0 Å². The van der Waals surface area contributed by atoms with E-state index in [9.17, 15) is 20.1 Å². The average Bonchev–Trinajstić information content (AvgIpc) is 1.60. The van der Waals surface area contributed by atoms with Crippen LogP contribution >= 0.6 is 0 Å². The number of hydrogen-bond donors (Lipinski definition) is 5. The van der Waals surface area contributed by atoms with Crippen molar-refractivity contribution in [3.8, 4) is 0 Å². The standard InChI is InChI=1S/C85H108N2O4/c1-54(2)42-63-32-37-79(4)74(89)34-40-84-70-33-38-80(5)76-67(77(90)91)29-27-55(3)65(59-21-10-7-11-22-59)26-17-41-86-75-30-28-62(53-87-75)60-24-16-20-57(44-60)45-68-66-25-13-12-23-61(66)46-71(84)69(68)50-83(63,78(79)84)51-72(70)85(80,52-73(76)88)64-48-81(35-14-15-36-81)82(49-64)39-31-58(47-82)43-56-18-8-6-9-19-56/h6,8-9,12-13,16,18-20,23-25,28,30,32,44,46,50,54,58-59,64-65,67,71,73-74,76,78,86-89H,3,7,10-11,14-15,17,21-22,26-27,29,31,33-43,45,47-49,51-53H2,1-2,4-5H3,(H,90,91). The van der Waals surface area contributed by atoms with E-state index in [0.717, 1.165) is 89.5 Å². The number of allylic oxidation sites excluding steroid dienone is 9. The highest BCUT2D eigenvalue weighted by Gasteiger charge is 2.78. The number of dihydropyridines is 1. The zero-order valence-electron chi connectivity index (χ0n) is 55.9. The third kappa shape index (κ3) is 9.25. The molecular weight excluding hydrogens is 1110 g/mol. The third-order valence-electron chi connectivity index (χ3n) is 29.7. The summed E-state index contributed by atoms with van der Waals surface area (Å²) in [6, 6.07) is 30.2. The van der Waals surface area contributed by atoms with Gasteiger partial charge in [0.1, 0.15) is 0 Å². The molecule has 0 aromatic heterocycles. The molecule has 6 fully saturated rings. The summed E-state index contributed by atoms with van der Waals surface area (Å²) in [7, 11) is 0. The number of carboxylic acids is 1. The molecule has 6 aliphatic heterocycles. The lowest BCUT2D eigenvalue weighted by atomic mass is 9.29. The molecule has 11 aliphatic carbocycles. The molecule has 0 saturated heterocycles. The first-order chi connectivity index (χ1) is 44.0. The van der Waals surface area contributed by atoms with Crippen LogP contribution < -0.4 is 21.1 Å². The molecule has 20 rings (SSSR count). The van der Waals surface area contributed by atoms with E-state index >= 15 is 0 Å². The Bertz CT molecular complexity index is 3680. The molecule has 0 radical (unpaired) electrons. The Balaban J connectivity index is 0.921. The van der Waals surface area contributed by atoms with Crippen LogP contribution in [-0.2, 0) is 17.6 Å². The van der Waals surface area contributed by atoms with Gasteiger partial charge >= 0.3 is 5.97 Å². The first-order valence-corrected chi connectivity index (χ1v) is 37.3. The predicted molar refractivity (Wildman–Crippen MR) is 369 cm³/mol. The van der Waals surface area contributed by atoms with Gasteiger partial charge in [-0.1, -0.05) is 192 Å². The summed E-state index contributed by atoms with van der Waals surface area (Å²) in [5.74, 6) is 2.01. The second-order valence-corrected chi connectivity index (χ2v) is 34.1. The van der Waals surface area contributed by atoms with E-state index in [4.69, 9.17) is 6.58 Å². The lowest BCUT2D eigenvalue weighted by molar-refractivity contribution is -0.167. The maximum absolute atomic E-state index is 14.9. The summed E-state index contributed by atoms with van der Waals surface area (Å²) < 4.78 is 0. The van der Waals surface area contributed by atoms with Crippen molar-refractivity contribution >= 4 is 23.2 Å². The number of carbonyl (C=O) groups is 1. The van der Waals surface area contributed by atoms with Gasteiger partial charge in [-0.2, -0.15) is 0 Å². The van der Waals surface area contributed by atoms with Crippen LogP contribution in [0, 0.1) is 91.2 Å². The second kappa shape index (κ2) is 22.8. The number of fused-ring (bicyclic) bond motifs is 2. The van der Waals surface area contributed by atoms with E-state index in [0.29, 0.717) is 48.9 Å². The van der Waals surface area contributed by atoms with E-state index in [1.165, 1.54) is 139 Å². The number of benzene rings is 3. The first-order valence-electron chi connectivity index (χ1n) is 37.3. The van der Waals surface area contributed by atoms with Crippen LogP contribution in [0.2, 0.25) is 0 Å². The smallest absolute Gasteiger partial charge is 0.306 e. The molecule has 482 valence electrons. The molecule has 17 aliphatic rings. The minimum Gasteiger partial charge on any atom is -0.481 e. The molecule has 3 aromatic carbocycles. The molecule has 15 atom stereocenters. The van der Waals surface area contributed by atoms with Gasteiger partial charge in [0, 0.05) is 46.6 Å². The van der Waals surface area contributed by atoms with E-state index < -0.39 is 34.9 Å². The molecule has 6 heteroatoms. The van der Waals surface area contributed by atoms with E-state index in [1.54, 1.807) is 16.7 Å². The topological polar surface area (TPSA) is 102 Å². The van der Waals surface area contributed by atoms with Crippen LogP contribution in [0.25, 0.3) is 17.2 Å². The van der Waals surface area contributed by atoms with Gasteiger partial charge in [0.05, 0.1) is 23.9 Å². The highest BCUT2D eigenvalue weighted by atomic mass is 16.4. The molecule has 5 N–H and O–H groups in total. The van der Waals surface area contributed by atoms with Crippen LogP contribution in [0.1, 0.15) is 211 Å². The average molecular weight is 1220 g/mol. The zero-order chi connectivity index (χ0) is 62.3. The minimum atomic E-state index is -0.731. The van der Waals surface area contributed by atoms with Gasteiger partial charge in [0.15, 0.2) is 0 Å². The number of carboxylic acid groups (broad SMARTS) is 1. The third-order valence-corrected chi connectivity index (χ3v) is 29.7. The largest absolute Gasteiger partial charge is 0.481 e. The number of nitrogens with one attached hydrogen (secondary N) is 2. The normalized spacial score (nSPS) is 39.9. The van der Waals surface area contributed by atoms with E-state index in [2.05, 4.69) is 148 Å². The van der Waals surface area contributed by atoms with Crippen molar-refractivity contribution in [2.75, 3.05) is 13.1 Å². The summed E-state index contributed by atoms with van der Waals surface area (Å²) in [5.41, 5.74) is 13.3. The molecule has 0 amide bonds. The Hall–Kier alpha value is -5.17. The molecule has 6 heterocycles. The van der Waals surface area contributed by atoms with Gasteiger partial charge < -0.3 is 26.0 Å². The first kappa shape index (κ1) is 60.8. The summed E-state index contributed by atoms with van der Waals surface area (Å²) in [6.45, 7) is 16.7. The Morgan fingerprint density at radius 1 is 0.758 bits per heavy atom. The van der Waals surface area contributed by atoms with Crippen molar-refractivity contribution in [1.29, 1.82) is 0 Å². The fraction of sp³-hybridized carbons (Fsp3) is 0.612. The Kier molecular flexibility index (Phi) is 15.2. The fourth-order valence-corrected chi connectivity index (χ4v) is 26.3. The molecule has 14 bridgehead atoms. The van der Waals surface area contributed by atoms with Gasteiger partial charge in [-0.05, 0) is 249 Å². The van der Waals surface area contributed by atoms with Crippen molar-refractivity contribution in [3.05, 3.63) is 171 Å². The molecule has 91 heavy (non-hydrogen) atoms. The van der Waals surface area contributed by atoms with E-state index in [-0.39, 0.29) is 44.8 Å². The highest BCUT2D eigenvalue weighted by Crippen LogP contribution is 2.85. The summed E-state index contributed by atoms with van der Waals surface area (Å²) in [6.07, 6.45) is 42.0. The Labute approximate surface area is 545 Å². The minimum absolute atomic E-state index is 0.109. The number of aliphatic hydroxyl groups is 2. The highest BCUT2D eigenvalue weighted by molar-refractivity contribution is 5.78. The van der Waals surface area contributed by atoms with Crippen molar-refractivity contribution in [3.63, 3.8) is 0 Å². The van der Waals surface area contributed by atoms with Crippen molar-refractivity contribution < 1.29 is 20.1 Å². The molecule has 4 spiro atoms. The van der Waals surface area contributed by atoms with Crippen LogP contribution in [0.15, 0.2) is 143 Å². The van der Waals surface area contributed by atoms with Crippen LogP contribution in [0.3, 0.4) is 0 Å². The number of rotatable bonds is 7. The lowest BCUT2D eigenvalue weighted by Crippen LogP contribution is -2.69. The predicted octanol–water partition coefficient (Wildman–Crippen LogP) is 16.9. The summed E-state index contributed by atoms with van der Waals surface area (Å²) in [4.78, 5) is 14.9. The van der Waals surface area contributed by atoms with Crippen molar-refractivity contribution in [2.24, 2.45) is 91.2 Å². The quantitative estimate of drug-likeness (QED) is 0.151. The van der Waals surface area contributed by atoms with Gasteiger partial charge in [-0.3, -0.25) is 4.79 Å². The second-order valence-electron chi connectivity index (χ2n) is 34.1. The van der Waals surface area contributed by atoms with Crippen molar-refractivity contribution in [2.45, 2.75) is 220 Å². The van der Waals surface area contributed by atoms with E-state index in [1.807, 2.05) is 0 Å². The summed E-state index contributed by atoms with van der Waals surface area (Å²) in [5, 5.41) is 49.6. The van der Waals surface area contributed by atoms with Crippen LogP contribution in [-0.4, -0.2) is 46.6 Å².